The maximum atomic E-state index is 12.8. The number of amides is 1. The molecule has 1 aromatic heterocycles. The van der Waals surface area contributed by atoms with Crippen molar-refractivity contribution in [3.05, 3.63) is 36.0 Å². The molecule has 1 aromatic carbocycles. The molecule has 0 aliphatic rings. The van der Waals surface area contributed by atoms with Crippen LogP contribution in [0.4, 0.5) is 4.79 Å². The number of para-hydroxylation sites is 1. The van der Waals surface area contributed by atoms with Crippen LogP contribution in [-0.4, -0.2) is 56.6 Å². The number of fused-ring (bicyclic) bond motifs is 1. The summed E-state index contributed by atoms with van der Waals surface area (Å²) in [6.45, 7) is 8.86. The quantitative estimate of drug-likeness (QED) is 0.737. The van der Waals surface area contributed by atoms with Gasteiger partial charge in [0.1, 0.15) is 5.60 Å². The predicted octanol–water partition coefficient (Wildman–Crippen LogP) is 3.08. The largest absolute Gasteiger partial charge is 0.444 e. The number of aliphatic hydroxyl groups excluding tert-OH is 2. The molecule has 1 heterocycles. The number of ether oxygens (including phenoxy) is 1. The monoisotopic (exact) mass is 362 g/mol. The molecule has 26 heavy (non-hydrogen) atoms. The maximum absolute atomic E-state index is 12.8. The number of nitrogens with zero attached hydrogens (tertiary/aromatic N) is 1. The van der Waals surface area contributed by atoms with Gasteiger partial charge in [-0.25, -0.2) is 4.79 Å². The van der Waals surface area contributed by atoms with Crippen molar-refractivity contribution in [3.63, 3.8) is 0 Å². The molecule has 0 bridgehead atoms. The molecular formula is C20H30N2O4. The first-order valence-corrected chi connectivity index (χ1v) is 8.88. The lowest BCUT2D eigenvalue weighted by atomic mass is 9.92. The maximum Gasteiger partial charge on any atom is 0.410 e. The van der Waals surface area contributed by atoms with Gasteiger partial charge in [-0.2, -0.15) is 0 Å². The summed E-state index contributed by atoms with van der Waals surface area (Å²) in [5.74, 6) is 0. The summed E-state index contributed by atoms with van der Waals surface area (Å²) in [6, 6.07) is 8.00. The lowest BCUT2D eigenvalue weighted by molar-refractivity contribution is -0.0182. The number of nitrogens with one attached hydrogen (secondary N) is 1. The number of aromatic nitrogens is 1. The van der Waals surface area contributed by atoms with E-state index in [4.69, 9.17) is 4.74 Å². The van der Waals surface area contributed by atoms with Gasteiger partial charge < -0.3 is 24.8 Å². The van der Waals surface area contributed by atoms with Crippen LogP contribution in [-0.2, 0) is 11.2 Å². The van der Waals surface area contributed by atoms with E-state index >= 15 is 0 Å². The molecule has 0 saturated heterocycles. The molecule has 144 valence electrons. The van der Waals surface area contributed by atoms with Crippen molar-refractivity contribution in [1.29, 1.82) is 0 Å². The van der Waals surface area contributed by atoms with Gasteiger partial charge in [0.15, 0.2) is 0 Å². The van der Waals surface area contributed by atoms with Crippen molar-refractivity contribution in [2.45, 2.75) is 58.3 Å². The topological polar surface area (TPSA) is 85.8 Å². The third kappa shape index (κ3) is 4.99. The van der Waals surface area contributed by atoms with E-state index < -0.39 is 29.9 Å². The molecule has 2 rings (SSSR count). The zero-order valence-electron chi connectivity index (χ0n) is 16.2. The van der Waals surface area contributed by atoms with Crippen molar-refractivity contribution >= 4 is 17.0 Å². The Morgan fingerprint density at radius 3 is 2.50 bits per heavy atom. The summed E-state index contributed by atoms with van der Waals surface area (Å²) in [6.07, 6.45) is 0.996. The molecule has 0 radical (unpaired) electrons. The molecule has 0 spiro atoms. The number of benzene rings is 1. The molecule has 2 aromatic rings. The Balaban J connectivity index is 2.29. The minimum Gasteiger partial charge on any atom is -0.444 e. The molecule has 6 nitrogen and oxygen atoms in total. The standard InChI is InChI=1S/C20H30N2O4/c1-19(2,3)26-18(25)22(12-15(24)13-23)20(4,5)10-14-11-21-17-9-7-6-8-16(14)17/h6-9,11,15,21,23-24H,10,12-13H2,1-5H3/t15-/m0/s1. The van der Waals surface area contributed by atoms with Crippen molar-refractivity contribution in [2.75, 3.05) is 13.2 Å². The molecular weight excluding hydrogens is 332 g/mol. The molecule has 0 aliphatic heterocycles. The van der Waals surface area contributed by atoms with Crippen molar-refractivity contribution in [2.24, 2.45) is 0 Å². The second-order valence-corrected chi connectivity index (χ2v) is 8.28. The van der Waals surface area contributed by atoms with E-state index in [1.807, 2.05) is 44.3 Å². The van der Waals surface area contributed by atoms with E-state index in [1.165, 1.54) is 4.90 Å². The fourth-order valence-electron chi connectivity index (χ4n) is 2.99. The van der Waals surface area contributed by atoms with Crippen LogP contribution in [0.3, 0.4) is 0 Å². The van der Waals surface area contributed by atoms with Gasteiger partial charge in [-0.1, -0.05) is 18.2 Å². The van der Waals surface area contributed by atoms with Gasteiger partial charge in [-0.05, 0) is 52.7 Å². The zero-order chi connectivity index (χ0) is 19.5. The second-order valence-electron chi connectivity index (χ2n) is 8.28. The number of hydrogen-bond acceptors (Lipinski definition) is 4. The van der Waals surface area contributed by atoms with Gasteiger partial charge >= 0.3 is 6.09 Å². The van der Waals surface area contributed by atoms with E-state index in [0.717, 1.165) is 16.5 Å². The normalized spacial score (nSPS) is 13.7. The van der Waals surface area contributed by atoms with Gasteiger partial charge in [0.25, 0.3) is 0 Å². The van der Waals surface area contributed by atoms with E-state index in [1.54, 1.807) is 20.8 Å². The number of β-amino-alcohol motifs (C(OH)–C–C–N with tert-alkyl or cyclic N) is 1. The van der Waals surface area contributed by atoms with Crippen LogP contribution in [0.15, 0.2) is 30.5 Å². The van der Waals surface area contributed by atoms with Crippen molar-refractivity contribution in [1.82, 2.24) is 9.88 Å². The van der Waals surface area contributed by atoms with Crippen molar-refractivity contribution < 1.29 is 19.7 Å². The highest BCUT2D eigenvalue weighted by atomic mass is 16.6. The van der Waals surface area contributed by atoms with E-state index in [-0.39, 0.29) is 6.54 Å². The highest BCUT2D eigenvalue weighted by Crippen LogP contribution is 2.27. The van der Waals surface area contributed by atoms with E-state index in [9.17, 15) is 15.0 Å². The van der Waals surface area contributed by atoms with Crippen LogP contribution in [0.5, 0.6) is 0 Å². The highest BCUT2D eigenvalue weighted by molar-refractivity contribution is 5.83. The Bertz CT molecular complexity index is 746. The first-order valence-electron chi connectivity index (χ1n) is 8.88. The van der Waals surface area contributed by atoms with Crippen LogP contribution in [0, 0.1) is 0 Å². The van der Waals surface area contributed by atoms with Crippen LogP contribution < -0.4 is 0 Å². The van der Waals surface area contributed by atoms with Gasteiger partial charge in [-0.15, -0.1) is 0 Å². The fourth-order valence-corrected chi connectivity index (χ4v) is 2.99. The van der Waals surface area contributed by atoms with Crippen LogP contribution in [0.2, 0.25) is 0 Å². The average Bonchev–Trinajstić information content (AvgIpc) is 2.93. The molecule has 1 amide bonds. The first kappa shape index (κ1) is 20.3. The molecule has 1 atom stereocenters. The molecule has 0 aliphatic carbocycles. The Morgan fingerprint density at radius 1 is 1.23 bits per heavy atom. The Morgan fingerprint density at radius 2 is 1.88 bits per heavy atom. The smallest absolute Gasteiger partial charge is 0.410 e. The minimum absolute atomic E-state index is 0.000763. The SMILES string of the molecule is CC(C)(C)OC(=O)N(C[C@H](O)CO)C(C)(C)Cc1c[nH]c2ccccc12. The van der Waals surface area contributed by atoms with Gasteiger partial charge in [0.2, 0.25) is 0 Å². The summed E-state index contributed by atoms with van der Waals surface area (Å²) < 4.78 is 5.52. The van der Waals surface area contributed by atoms with Gasteiger partial charge in [-0.3, -0.25) is 0 Å². The van der Waals surface area contributed by atoms with Gasteiger partial charge in [0, 0.05) is 22.6 Å². The Hall–Kier alpha value is -2.05. The molecule has 0 fully saturated rings. The summed E-state index contributed by atoms with van der Waals surface area (Å²) in [5.41, 5.74) is 0.856. The predicted molar refractivity (Wildman–Crippen MR) is 102 cm³/mol. The van der Waals surface area contributed by atoms with Crippen LogP contribution >= 0.6 is 0 Å². The third-order valence-electron chi connectivity index (χ3n) is 4.25. The lowest BCUT2D eigenvalue weighted by Gasteiger charge is -2.40. The number of rotatable bonds is 6. The Labute approximate surface area is 154 Å². The summed E-state index contributed by atoms with van der Waals surface area (Å²) in [5, 5.41) is 20.3. The number of H-pyrrole nitrogens is 1. The summed E-state index contributed by atoms with van der Waals surface area (Å²) in [4.78, 5) is 17.5. The van der Waals surface area contributed by atoms with E-state index in [0.29, 0.717) is 6.42 Å². The minimum atomic E-state index is -1.02. The van der Waals surface area contributed by atoms with Gasteiger partial charge in [0.05, 0.1) is 19.3 Å². The number of aliphatic hydroxyl groups is 2. The number of aromatic amines is 1. The second kappa shape index (κ2) is 7.68. The molecule has 3 N–H and O–H groups in total. The number of carbonyl (C=O) groups is 1. The average molecular weight is 362 g/mol. The van der Waals surface area contributed by atoms with Crippen LogP contribution in [0.1, 0.15) is 40.2 Å². The number of hydrogen-bond donors (Lipinski definition) is 3. The third-order valence-corrected chi connectivity index (χ3v) is 4.25. The lowest BCUT2D eigenvalue weighted by Crippen LogP contribution is -2.54. The Kier molecular flexibility index (Phi) is 5.98. The van der Waals surface area contributed by atoms with Crippen molar-refractivity contribution in [3.8, 4) is 0 Å². The van der Waals surface area contributed by atoms with Crippen LogP contribution in [0.25, 0.3) is 10.9 Å². The zero-order valence-corrected chi connectivity index (χ0v) is 16.2. The number of carbonyl (C=O) groups excluding carboxylic acids is 1. The summed E-state index contributed by atoms with van der Waals surface area (Å²) in [7, 11) is 0. The first-order chi connectivity index (χ1) is 12.0. The summed E-state index contributed by atoms with van der Waals surface area (Å²) >= 11 is 0. The fraction of sp³-hybridized carbons (Fsp3) is 0.550. The highest BCUT2D eigenvalue weighted by Gasteiger charge is 2.36. The molecule has 6 heteroatoms. The molecule has 0 saturated carbocycles. The van der Waals surface area contributed by atoms with E-state index in [2.05, 4.69) is 4.98 Å². The molecule has 0 unspecified atom stereocenters.